The van der Waals surface area contributed by atoms with Crippen LogP contribution in [-0.4, -0.2) is 42.4 Å². The fourth-order valence-electron chi connectivity index (χ4n) is 2.34. The molecule has 0 bridgehead atoms. The second kappa shape index (κ2) is 6.16. The van der Waals surface area contributed by atoms with Gasteiger partial charge < -0.3 is 14.7 Å². The monoisotopic (exact) mass is 253 g/mol. The molecule has 1 heterocycles. The molecule has 0 aromatic heterocycles. The maximum absolute atomic E-state index is 12.9. The fourth-order valence-corrected chi connectivity index (χ4v) is 2.34. The van der Waals surface area contributed by atoms with Crippen LogP contribution in [0.1, 0.15) is 13.3 Å². The minimum Gasteiger partial charge on any atom is -0.491 e. The number of aliphatic hydroxyl groups excluding tert-OH is 1. The van der Waals surface area contributed by atoms with Crippen molar-refractivity contribution in [3.8, 4) is 5.75 Å². The van der Waals surface area contributed by atoms with E-state index < -0.39 is 6.10 Å². The summed E-state index contributed by atoms with van der Waals surface area (Å²) >= 11 is 0. The smallest absolute Gasteiger partial charge is 0.126 e. The summed E-state index contributed by atoms with van der Waals surface area (Å²) in [5.41, 5.74) is 0. The number of aliphatic hydroxyl groups is 1. The van der Waals surface area contributed by atoms with Crippen LogP contribution in [0.25, 0.3) is 0 Å². The molecule has 0 radical (unpaired) electrons. The fraction of sp³-hybridized carbons (Fsp3) is 0.571. The van der Waals surface area contributed by atoms with Gasteiger partial charge in [0.25, 0.3) is 0 Å². The maximum atomic E-state index is 12.9. The van der Waals surface area contributed by atoms with Gasteiger partial charge in [0, 0.05) is 18.5 Å². The average Bonchev–Trinajstić information content (AvgIpc) is 2.85. The molecule has 100 valence electrons. The van der Waals surface area contributed by atoms with Gasteiger partial charge in [0.05, 0.1) is 6.10 Å². The summed E-state index contributed by atoms with van der Waals surface area (Å²) in [6.45, 7) is 5.33. The molecule has 18 heavy (non-hydrogen) atoms. The zero-order valence-electron chi connectivity index (χ0n) is 10.7. The van der Waals surface area contributed by atoms with Crippen molar-refractivity contribution in [1.29, 1.82) is 0 Å². The Hall–Kier alpha value is -1.13. The highest BCUT2D eigenvalue weighted by Gasteiger charge is 2.27. The van der Waals surface area contributed by atoms with Crippen molar-refractivity contribution >= 4 is 0 Å². The highest BCUT2D eigenvalue weighted by Crippen LogP contribution is 2.20. The number of ether oxygens (including phenoxy) is 1. The van der Waals surface area contributed by atoms with E-state index in [1.54, 1.807) is 12.1 Å². The highest BCUT2D eigenvalue weighted by atomic mass is 19.1. The van der Waals surface area contributed by atoms with Crippen LogP contribution in [0, 0.1) is 11.7 Å². The topological polar surface area (TPSA) is 32.7 Å². The molecule has 3 nitrogen and oxygen atoms in total. The summed E-state index contributed by atoms with van der Waals surface area (Å²) < 4.78 is 18.4. The molecule has 4 heteroatoms. The van der Waals surface area contributed by atoms with Crippen molar-refractivity contribution in [2.75, 3.05) is 26.2 Å². The first-order chi connectivity index (χ1) is 8.69. The largest absolute Gasteiger partial charge is 0.491 e. The first kappa shape index (κ1) is 13.3. The first-order valence-corrected chi connectivity index (χ1v) is 6.48. The summed E-state index contributed by atoms with van der Waals surface area (Å²) in [5.74, 6) is 0.415. The van der Waals surface area contributed by atoms with Crippen LogP contribution in [-0.2, 0) is 0 Å². The van der Waals surface area contributed by atoms with Crippen LogP contribution in [0.2, 0.25) is 0 Å². The number of halogens is 1. The number of hydrogen-bond donors (Lipinski definition) is 1. The molecule has 2 atom stereocenters. The molecule has 0 amide bonds. The molecule has 1 aromatic rings. The van der Waals surface area contributed by atoms with E-state index in [0.717, 1.165) is 26.1 Å². The summed E-state index contributed by atoms with van der Waals surface area (Å²) in [7, 11) is 0. The molecule has 1 aliphatic rings. The van der Waals surface area contributed by atoms with Crippen LogP contribution < -0.4 is 4.74 Å². The molecule has 1 aliphatic heterocycles. The van der Waals surface area contributed by atoms with Crippen molar-refractivity contribution < 1.29 is 14.2 Å². The molecule has 0 saturated carbocycles. The van der Waals surface area contributed by atoms with E-state index in [1.165, 1.54) is 12.1 Å². The van der Waals surface area contributed by atoms with Crippen LogP contribution in [0.3, 0.4) is 0 Å². The van der Waals surface area contributed by atoms with Crippen LogP contribution in [0.15, 0.2) is 24.3 Å². The van der Waals surface area contributed by atoms with Gasteiger partial charge >= 0.3 is 0 Å². The van der Waals surface area contributed by atoms with Crippen molar-refractivity contribution in [1.82, 2.24) is 4.90 Å². The van der Waals surface area contributed by atoms with E-state index in [1.807, 2.05) is 0 Å². The molecule has 0 aliphatic carbocycles. The summed E-state index contributed by atoms with van der Waals surface area (Å²) in [6, 6.07) is 6.01. The van der Waals surface area contributed by atoms with Gasteiger partial charge in [-0.1, -0.05) is 13.0 Å². The molecular weight excluding hydrogens is 233 g/mol. The molecule has 1 aromatic carbocycles. The number of nitrogens with zero attached hydrogens (tertiary/aromatic N) is 1. The Labute approximate surface area is 107 Å². The second-order valence-corrected chi connectivity index (χ2v) is 4.78. The average molecular weight is 253 g/mol. The van der Waals surface area contributed by atoms with Gasteiger partial charge in [-0.05, 0) is 31.6 Å². The van der Waals surface area contributed by atoms with Crippen molar-refractivity contribution in [2.24, 2.45) is 5.92 Å². The van der Waals surface area contributed by atoms with E-state index in [2.05, 4.69) is 11.8 Å². The summed E-state index contributed by atoms with van der Waals surface area (Å²) in [4.78, 5) is 2.32. The van der Waals surface area contributed by atoms with Crippen molar-refractivity contribution in [3.05, 3.63) is 30.1 Å². The number of benzene rings is 1. The lowest BCUT2D eigenvalue weighted by molar-refractivity contribution is 0.0598. The molecule has 1 saturated heterocycles. The van der Waals surface area contributed by atoms with Gasteiger partial charge in [0.15, 0.2) is 0 Å². The lowest BCUT2D eigenvalue weighted by Crippen LogP contribution is -2.30. The maximum Gasteiger partial charge on any atom is 0.126 e. The van der Waals surface area contributed by atoms with Gasteiger partial charge in [0.2, 0.25) is 0 Å². The van der Waals surface area contributed by atoms with Crippen LogP contribution in [0.4, 0.5) is 4.39 Å². The Kier molecular flexibility index (Phi) is 4.55. The third-order valence-electron chi connectivity index (χ3n) is 3.52. The van der Waals surface area contributed by atoms with Gasteiger partial charge in [-0.3, -0.25) is 0 Å². The minimum atomic E-state index is -0.482. The Morgan fingerprint density at radius 1 is 1.56 bits per heavy atom. The molecular formula is C14H20FNO2. The number of likely N-dealkylation sites (tertiary alicyclic amines) is 1. The lowest BCUT2D eigenvalue weighted by atomic mass is 10.0. The van der Waals surface area contributed by atoms with Crippen molar-refractivity contribution in [2.45, 2.75) is 19.4 Å². The minimum absolute atomic E-state index is 0.228. The SMILES string of the molecule is CCN1CCC(C(O)COc2cccc(F)c2)C1. The normalized spacial score (nSPS) is 22.1. The van der Waals surface area contributed by atoms with Gasteiger partial charge in [-0.2, -0.15) is 0 Å². The molecule has 2 rings (SSSR count). The van der Waals surface area contributed by atoms with E-state index in [-0.39, 0.29) is 18.3 Å². The van der Waals surface area contributed by atoms with Gasteiger partial charge in [-0.15, -0.1) is 0 Å². The van der Waals surface area contributed by atoms with E-state index in [9.17, 15) is 9.50 Å². The number of hydrogen-bond acceptors (Lipinski definition) is 3. The predicted octanol–water partition coefficient (Wildman–Crippen LogP) is 1.91. The van der Waals surface area contributed by atoms with Gasteiger partial charge in [-0.25, -0.2) is 4.39 Å². The van der Waals surface area contributed by atoms with Gasteiger partial charge in [0.1, 0.15) is 18.2 Å². The van der Waals surface area contributed by atoms with Crippen LogP contribution in [0.5, 0.6) is 5.75 Å². The van der Waals surface area contributed by atoms with E-state index in [0.29, 0.717) is 5.75 Å². The number of rotatable bonds is 5. The Bertz CT molecular complexity index is 386. The van der Waals surface area contributed by atoms with E-state index in [4.69, 9.17) is 4.74 Å². The Morgan fingerprint density at radius 3 is 3.06 bits per heavy atom. The third-order valence-corrected chi connectivity index (χ3v) is 3.52. The zero-order valence-corrected chi connectivity index (χ0v) is 10.7. The molecule has 1 N–H and O–H groups in total. The first-order valence-electron chi connectivity index (χ1n) is 6.48. The Balaban J connectivity index is 1.80. The summed E-state index contributed by atoms with van der Waals surface area (Å²) in [6.07, 6.45) is 0.520. The predicted molar refractivity (Wildman–Crippen MR) is 68.1 cm³/mol. The zero-order chi connectivity index (χ0) is 13.0. The third kappa shape index (κ3) is 3.43. The lowest BCUT2D eigenvalue weighted by Gasteiger charge is -2.19. The van der Waals surface area contributed by atoms with Crippen LogP contribution >= 0.6 is 0 Å². The highest BCUT2D eigenvalue weighted by molar-refractivity contribution is 5.22. The second-order valence-electron chi connectivity index (χ2n) is 4.78. The summed E-state index contributed by atoms with van der Waals surface area (Å²) in [5, 5.41) is 10.0. The molecule has 1 fully saturated rings. The molecule has 0 spiro atoms. The molecule has 2 unspecified atom stereocenters. The standard InChI is InChI=1S/C14H20FNO2/c1-2-16-7-6-11(9-16)14(17)10-18-13-5-3-4-12(15)8-13/h3-5,8,11,14,17H,2,6-7,9-10H2,1H3. The quantitative estimate of drug-likeness (QED) is 0.870. The Morgan fingerprint density at radius 2 is 2.39 bits per heavy atom. The van der Waals surface area contributed by atoms with E-state index >= 15 is 0 Å². The van der Waals surface area contributed by atoms with Crippen molar-refractivity contribution in [3.63, 3.8) is 0 Å².